The molecular weight excluding hydrogens is 292 g/mol. The molecule has 0 heterocycles. The van der Waals surface area contributed by atoms with Crippen LogP contribution in [0, 0.1) is 17.8 Å². The van der Waals surface area contributed by atoms with E-state index >= 15 is 0 Å². The lowest BCUT2D eigenvalue weighted by atomic mass is 9.61. The predicted octanol–water partition coefficient (Wildman–Crippen LogP) is 3.44. The highest BCUT2D eigenvalue weighted by Crippen LogP contribution is 2.50. The molecule has 0 radical (unpaired) electrons. The molecule has 2 rings (SSSR count). The Labute approximate surface area is 140 Å². The number of hydrogen-bond acceptors (Lipinski definition) is 4. The highest BCUT2D eigenvalue weighted by molar-refractivity contribution is 5.73. The molecule has 0 aromatic rings. The van der Waals surface area contributed by atoms with Crippen molar-refractivity contribution < 1.29 is 19.7 Å². The maximum absolute atomic E-state index is 12.7. The maximum atomic E-state index is 12.7. The summed E-state index contributed by atoms with van der Waals surface area (Å²) in [5.41, 5.74) is -2.57. The summed E-state index contributed by atoms with van der Waals surface area (Å²) >= 11 is 0. The minimum absolute atomic E-state index is 0.127. The molecule has 0 aliphatic heterocycles. The molecule has 2 saturated carbocycles. The molecular formula is C19H34O4. The van der Waals surface area contributed by atoms with Gasteiger partial charge in [0.2, 0.25) is 0 Å². The third-order valence-electron chi connectivity index (χ3n) is 5.53. The average molecular weight is 326 g/mol. The Morgan fingerprint density at radius 3 is 2.00 bits per heavy atom. The lowest BCUT2D eigenvalue weighted by Gasteiger charge is -2.53. The molecule has 0 aromatic heterocycles. The monoisotopic (exact) mass is 326 g/mol. The van der Waals surface area contributed by atoms with Crippen LogP contribution in [0.2, 0.25) is 0 Å². The number of aliphatic hydroxyl groups is 2. The lowest BCUT2D eigenvalue weighted by molar-refractivity contribution is -0.216. The first-order valence-electron chi connectivity index (χ1n) is 9.14. The van der Waals surface area contributed by atoms with Crippen LogP contribution in [-0.4, -0.2) is 33.0 Å². The van der Waals surface area contributed by atoms with E-state index in [0.717, 1.165) is 12.8 Å². The Bertz CT molecular complexity index is 427. The van der Waals surface area contributed by atoms with E-state index in [2.05, 4.69) is 13.8 Å². The zero-order chi connectivity index (χ0) is 17.5. The van der Waals surface area contributed by atoms with Crippen molar-refractivity contribution in [3.05, 3.63) is 0 Å². The fraction of sp³-hybridized carbons (Fsp3) is 0.947. The van der Waals surface area contributed by atoms with E-state index in [-0.39, 0.29) is 17.8 Å². The summed E-state index contributed by atoms with van der Waals surface area (Å²) in [5, 5.41) is 21.5. The summed E-state index contributed by atoms with van der Waals surface area (Å²) in [6, 6.07) is 0. The molecule has 2 aliphatic carbocycles. The van der Waals surface area contributed by atoms with Gasteiger partial charge in [-0.2, -0.15) is 0 Å². The van der Waals surface area contributed by atoms with Crippen molar-refractivity contribution in [2.75, 3.05) is 0 Å². The van der Waals surface area contributed by atoms with Gasteiger partial charge in [0.25, 0.3) is 0 Å². The summed E-state index contributed by atoms with van der Waals surface area (Å²) in [6.07, 6.45) is 4.28. The molecule has 23 heavy (non-hydrogen) atoms. The van der Waals surface area contributed by atoms with E-state index in [1.165, 1.54) is 0 Å². The van der Waals surface area contributed by atoms with Crippen molar-refractivity contribution in [2.45, 2.75) is 96.4 Å². The normalized spacial score (nSPS) is 38.7. The quantitative estimate of drug-likeness (QED) is 0.760. The summed E-state index contributed by atoms with van der Waals surface area (Å²) < 4.78 is 5.91. The first-order valence-corrected chi connectivity index (χ1v) is 9.14. The van der Waals surface area contributed by atoms with Gasteiger partial charge < -0.3 is 14.9 Å². The fourth-order valence-electron chi connectivity index (χ4n) is 4.83. The van der Waals surface area contributed by atoms with Gasteiger partial charge in [-0.1, -0.05) is 27.7 Å². The Morgan fingerprint density at radius 1 is 1.04 bits per heavy atom. The largest absolute Gasteiger partial charge is 0.459 e. The van der Waals surface area contributed by atoms with Gasteiger partial charge in [-0.05, 0) is 44.4 Å². The molecule has 4 heteroatoms. The Kier molecular flexibility index (Phi) is 5.18. The van der Waals surface area contributed by atoms with Crippen molar-refractivity contribution >= 4 is 5.97 Å². The highest BCUT2D eigenvalue weighted by atomic mass is 16.6. The number of esters is 1. The van der Waals surface area contributed by atoms with Crippen LogP contribution >= 0.6 is 0 Å². The molecule has 0 spiro atoms. The molecule has 2 fully saturated rings. The van der Waals surface area contributed by atoms with E-state index < -0.39 is 16.8 Å². The van der Waals surface area contributed by atoms with Crippen LogP contribution in [0.5, 0.6) is 0 Å². The van der Waals surface area contributed by atoms with Crippen LogP contribution in [0.1, 0.15) is 79.6 Å². The van der Waals surface area contributed by atoms with Crippen LogP contribution in [0.3, 0.4) is 0 Å². The minimum Gasteiger partial charge on any atom is -0.459 e. The van der Waals surface area contributed by atoms with Gasteiger partial charge in [0.05, 0.1) is 17.1 Å². The zero-order valence-corrected chi connectivity index (χ0v) is 15.4. The minimum atomic E-state index is -0.897. The number of hydrogen-bond donors (Lipinski definition) is 2. The number of rotatable bonds is 5. The molecule has 0 amide bonds. The summed E-state index contributed by atoms with van der Waals surface area (Å²) in [4.78, 5) is 12.7. The topological polar surface area (TPSA) is 66.8 Å². The third kappa shape index (κ3) is 4.48. The second-order valence-corrected chi connectivity index (χ2v) is 9.18. The highest BCUT2D eigenvalue weighted by Gasteiger charge is 2.55. The SMILES string of the molecule is CC(C)CC(C(=O)OC1(C)CC2(O)CCCC(O)(C2)C1)C(C)C. The second kappa shape index (κ2) is 6.36. The van der Waals surface area contributed by atoms with E-state index in [9.17, 15) is 15.0 Å². The van der Waals surface area contributed by atoms with E-state index in [1.54, 1.807) is 0 Å². The van der Waals surface area contributed by atoms with Gasteiger partial charge in [-0.25, -0.2) is 0 Å². The molecule has 3 atom stereocenters. The summed E-state index contributed by atoms with van der Waals surface area (Å²) in [5.74, 6) is 0.353. The van der Waals surface area contributed by atoms with Crippen molar-refractivity contribution in [1.29, 1.82) is 0 Å². The Hall–Kier alpha value is -0.610. The van der Waals surface area contributed by atoms with E-state index in [0.29, 0.717) is 38.0 Å². The van der Waals surface area contributed by atoms with Gasteiger partial charge in [-0.15, -0.1) is 0 Å². The molecule has 2 aliphatic rings. The molecule has 4 nitrogen and oxygen atoms in total. The standard InChI is InChI=1S/C19H34O4/c1-13(2)9-15(14(3)4)16(20)23-17(5)10-18(21)7-6-8-19(22,11-17)12-18/h13-15,21-22H,6-12H2,1-5H3. The fourth-order valence-corrected chi connectivity index (χ4v) is 4.83. The molecule has 0 aromatic carbocycles. The molecule has 2 bridgehead atoms. The predicted molar refractivity (Wildman–Crippen MR) is 89.9 cm³/mol. The second-order valence-electron chi connectivity index (χ2n) is 9.18. The van der Waals surface area contributed by atoms with Crippen LogP contribution in [0.15, 0.2) is 0 Å². The maximum Gasteiger partial charge on any atom is 0.309 e. The Balaban J connectivity index is 2.12. The van der Waals surface area contributed by atoms with E-state index in [4.69, 9.17) is 4.74 Å². The number of carbonyl (C=O) groups excluding carboxylic acids is 1. The van der Waals surface area contributed by atoms with Gasteiger partial charge in [0.1, 0.15) is 5.60 Å². The van der Waals surface area contributed by atoms with Crippen LogP contribution in [0.25, 0.3) is 0 Å². The number of carbonyl (C=O) groups is 1. The third-order valence-corrected chi connectivity index (χ3v) is 5.53. The number of ether oxygens (including phenoxy) is 1. The van der Waals surface area contributed by atoms with Gasteiger partial charge in [-0.3, -0.25) is 4.79 Å². The van der Waals surface area contributed by atoms with Crippen molar-refractivity contribution in [1.82, 2.24) is 0 Å². The first-order chi connectivity index (χ1) is 10.5. The molecule has 0 saturated heterocycles. The smallest absolute Gasteiger partial charge is 0.309 e. The summed E-state index contributed by atoms with van der Waals surface area (Å²) in [7, 11) is 0. The van der Waals surface area contributed by atoms with Gasteiger partial charge >= 0.3 is 5.97 Å². The molecule has 2 N–H and O–H groups in total. The van der Waals surface area contributed by atoms with E-state index in [1.807, 2.05) is 20.8 Å². The molecule has 3 unspecified atom stereocenters. The van der Waals surface area contributed by atoms with Crippen LogP contribution in [-0.2, 0) is 9.53 Å². The first kappa shape index (κ1) is 18.7. The van der Waals surface area contributed by atoms with Crippen molar-refractivity contribution in [2.24, 2.45) is 17.8 Å². The zero-order valence-electron chi connectivity index (χ0n) is 15.4. The lowest BCUT2D eigenvalue weighted by Crippen LogP contribution is -2.59. The van der Waals surface area contributed by atoms with Crippen LogP contribution < -0.4 is 0 Å². The summed E-state index contributed by atoms with van der Waals surface area (Å²) in [6.45, 7) is 10.2. The van der Waals surface area contributed by atoms with Gasteiger partial charge in [0, 0.05) is 19.3 Å². The van der Waals surface area contributed by atoms with Crippen molar-refractivity contribution in [3.8, 4) is 0 Å². The van der Waals surface area contributed by atoms with Gasteiger partial charge in [0.15, 0.2) is 0 Å². The number of fused-ring (bicyclic) bond motifs is 2. The molecule has 134 valence electrons. The average Bonchev–Trinajstić information content (AvgIpc) is 2.31. The van der Waals surface area contributed by atoms with Crippen molar-refractivity contribution in [3.63, 3.8) is 0 Å². The Morgan fingerprint density at radius 2 is 1.57 bits per heavy atom. The van der Waals surface area contributed by atoms with Crippen LogP contribution in [0.4, 0.5) is 0 Å².